The van der Waals surface area contributed by atoms with Gasteiger partial charge in [-0.1, -0.05) is 11.6 Å². The van der Waals surface area contributed by atoms with Crippen LogP contribution in [-0.2, 0) is 19.5 Å². The molecule has 0 aliphatic carbocycles. The van der Waals surface area contributed by atoms with Crippen LogP contribution < -0.4 is 5.14 Å². The monoisotopic (exact) mass is 319 g/mol. The van der Waals surface area contributed by atoms with Crippen LogP contribution in [0.3, 0.4) is 0 Å². The summed E-state index contributed by atoms with van der Waals surface area (Å²) in [6.07, 6.45) is 1.69. The maximum absolute atomic E-state index is 11.8. The molecule has 8 heteroatoms. The number of carbonyl (C=O) groups is 1. The topological polar surface area (TPSA) is 95.7 Å². The first-order valence-corrected chi connectivity index (χ1v) is 7.91. The van der Waals surface area contributed by atoms with Crippen LogP contribution in [0.15, 0.2) is 23.1 Å². The van der Waals surface area contributed by atoms with E-state index in [1.165, 1.54) is 12.1 Å². The number of primary sulfonamides is 1. The van der Waals surface area contributed by atoms with Gasteiger partial charge in [0.25, 0.3) is 0 Å². The molecule has 1 fully saturated rings. The Hall–Kier alpha value is -1.15. The third kappa shape index (κ3) is 3.69. The fraction of sp³-hybridized carbons (Fsp3) is 0.417. The number of sulfonamides is 1. The quantitative estimate of drug-likeness (QED) is 0.844. The van der Waals surface area contributed by atoms with Crippen molar-refractivity contribution in [1.29, 1.82) is 0 Å². The van der Waals surface area contributed by atoms with Gasteiger partial charge in [0.1, 0.15) is 11.5 Å². The molecule has 1 aromatic carbocycles. The fourth-order valence-electron chi connectivity index (χ4n) is 1.88. The Morgan fingerprint density at radius 1 is 1.50 bits per heavy atom. The van der Waals surface area contributed by atoms with Gasteiger partial charge in [0.15, 0.2) is 0 Å². The Morgan fingerprint density at radius 3 is 2.85 bits per heavy atom. The SMILES string of the molecule is NS(=O)(=O)c1cc(C(=O)OCC2CCCO2)ccc1Cl. The number of esters is 1. The molecule has 2 rings (SSSR count). The van der Waals surface area contributed by atoms with Crippen LogP contribution in [0, 0.1) is 0 Å². The van der Waals surface area contributed by atoms with Crippen LogP contribution in [0.4, 0.5) is 0 Å². The van der Waals surface area contributed by atoms with E-state index in [9.17, 15) is 13.2 Å². The molecule has 1 aliphatic rings. The van der Waals surface area contributed by atoms with E-state index in [0.29, 0.717) is 6.61 Å². The van der Waals surface area contributed by atoms with E-state index >= 15 is 0 Å². The predicted molar refractivity (Wildman–Crippen MR) is 72.1 cm³/mol. The molecular formula is C12H14ClNO5S. The highest BCUT2D eigenvalue weighted by atomic mass is 35.5. The molecule has 6 nitrogen and oxygen atoms in total. The van der Waals surface area contributed by atoms with E-state index < -0.39 is 16.0 Å². The van der Waals surface area contributed by atoms with Crippen molar-refractivity contribution < 1.29 is 22.7 Å². The number of nitrogens with two attached hydrogens (primary N) is 1. The summed E-state index contributed by atoms with van der Waals surface area (Å²) in [5.41, 5.74) is 0.0800. The third-order valence-corrected chi connectivity index (χ3v) is 4.29. The van der Waals surface area contributed by atoms with Gasteiger partial charge in [-0.05, 0) is 31.0 Å². The summed E-state index contributed by atoms with van der Waals surface area (Å²) in [4.78, 5) is 11.5. The predicted octanol–water partition coefficient (Wildman–Crippen LogP) is 1.32. The number of rotatable bonds is 4. The van der Waals surface area contributed by atoms with Gasteiger partial charge in [-0.25, -0.2) is 18.4 Å². The lowest BCUT2D eigenvalue weighted by molar-refractivity contribution is 0.0161. The highest BCUT2D eigenvalue weighted by Gasteiger charge is 2.20. The maximum Gasteiger partial charge on any atom is 0.338 e. The molecule has 0 aromatic heterocycles. The molecule has 1 aliphatic heterocycles. The van der Waals surface area contributed by atoms with Crippen molar-refractivity contribution >= 4 is 27.6 Å². The van der Waals surface area contributed by atoms with Crippen LogP contribution in [0.1, 0.15) is 23.2 Å². The minimum Gasteiger partial charge on any atom is -0.459 e. The molecule has 1 saturated heterocycles. The standard InChI is InChI=1S/C12H14ClNO5S/c13-10-4-3-8(6-11(10)20(14,16)17)12(15)19-7-9-2-1-5-18-9/h3-4,6,9H,1-2,5,7H2,(H2,14,16,17). The molecule has 1 atom stereocenters. The molecule has 0 amide bonds. The van der Waals surface area contributed by atoms with Crippen molar-refractivity contribution in [2.45, 2.75) is 23.8 Å². The van der Waals surface area contributed by atoms with E-state index in [0.717, 1.165) is 18.9 Å². The Balaban J connectivity index is 2.10. The first-order valence-electron chi connectivity index (χ1n) is 5.99. The minimum atomic E-state index is -3.98. The average Bonchev–Trinajstić information content (AvgIpc) is 2.88. The number of carbonyl (C=O) groups excluding carboxylic acids is 1. The summed E-state index contributed by atoms with van der Waals surface area (Å²) >= 11 is 5.73. The van der Waals surface area contributed by atoms with Crippen molar-refractivity contribution in [1.82, 2.24) is 0 Å². The number of benzene rings is 1. The average molecular weight is 320 g/mol. The first-order chi connectivity index (χ1) is 9.38. The molecule has 0 radical (unpaired) electrons. The van der Waals surface area contributed by atoms with Gasteiger partial charge in [0.2, 0.25) is 10.0 Å². The van der Waals surface area contributed by atoms with Crippen LogP contribution in [0.25, 0.3) is 0 Å². The van der Waals surface area contributed by atoms with E-state index in [-0.39, 0.29) is 28.2 Å². The van der Waals surface area contributed by atoms with Gasteiger partial charge in [0.05, 0.1) is 16.7 Å². The number of ether oxygens (including phenoxy) is 2. The molecule has 20 heavy (non-hydrogen) atoms. The normalized spacial score (nSPS) is 19.0. The molecule has 0 saturated carbocycles. The summed E-state index contributed by atoms with van der Waals surface area (Å²) in [6, 6.07) is 3.79. The third-order valence-electron chi connectivity index (χ3n) is 2.90. The van der Waals surface area contributed by atoms with Crippen LogP contribution >= 0.6 is 11.6 Å². The summed E-state index contributed by atoms with van der Waals surface area (Å²) in [5.74, 6) is -0.637. The van der Waals surface area contributed by atoms with Gasteiger partial charge in [0, 0.05) is 6.61 Å². The maximum atomic E-state index is 11.8. The smallest absolute Gasteiger partial charge is 0.338 e. The van der Waals surface area contributed by atoms with Crippen LogP contribution in [-0.4, -0.2) is 33.7 Å². The highest BCUT2D eigenvalue weighted by Crippen LogP contribution is 2.22. The summed E-state index contributed by atoms with van der Waals surface area (Å²) in [6.45, 7) is 0.810. The lowest BCUT2D eigenvalue weighted by atomic mass is 10.2. The largest absolute Gasteiger partial charge is 0.459 e. The lowest BCUT2D eigenvalue weighted by Gasteiger charge is -2.11. The number of halogens is 1. The molecule has 1 unspecified atom stereocenters. The van der Waals surface area contributed by atoms with E-state index in [1.54, 1.807) is 0 Å². The van der Waals surface area contributed by atoms with Gasteiger partial charge < -0.3 is 9.47 Å². The Kier molecular flexibility index (Phi) is 4.64. The van der Waals surface area contributed by atoms with Gasteiger partial charge >= 0.3 is 5.97 Å². The second-order valence-electron chi connectivity index (χ2n) is 4.42. The molecule has 0 bridgehead atoms. The van der Waals surface area contributed by atoms with Crippen molar-refractivity contribution in [3.63, 3.8) is 0 Å². The second-order valence-corrected chi connectivity index (χ2v) is 6.36. The summed E-state index contributed by atoms with van der Waals surface area (Å²) < 4.78 is 33.0. The second kappa shape index (κ2) is 6.09. The lowest BCUT2D eigenvalue weighted by Crippen LogP contribution is -2.18. The van der Waals surface area contributed by atoms with Crippen molar-refractivity contribution in [2.75, 3.05) is 13.2 Å². The summed E-state index contributed by atoms with van der Waals surface area (Å²) in [5, 5.41) is 4.98. The fourth-order valence-corrected chi connectivity index (χ4v) is 2.95. The first kappa shape index (κ1) is 15.2. The van der Waals surface area contributed by atoms with Crippen molar-refractivity contribution in [2.24, 2.45) is 5.14 Å². The van der Waals surface area contributed by atoms with E-state index in [2.05, 4.69) is 0 Å². The molecule has 110 valence electrons. The van der Waals surface area contributed by atoms with Crippen LogP contribution in [0.5, 0.6) is 0 Å². The molecule has 2 N–H and O–H groups in total. The molecule has 1 aromatic rings. The zero-order valence-electron chi connectivity index (χ0n) is 10.5. The van der Waals surface area contributed by atoms with Crippen molar-refractivity contribution in [3.8, 4) is 0 Å². The highest BCUT2D eigenvalue weighted by molar-refractivity contribution is 7.89. The van der Waals surface area contributed by atoms with Gasteiger partial charge in [-0.3, -0.25) is 0 Å². The zero-order valence-corrected chi connectivity index (χ0v) is 12.1. The van der Waals surface area contributed by atoms with Gasteiger partial charge in [-0.15, -0.1) is 0 Å². The minimum absolute atomic E-state index is 0.0387. The van der Waals surface area contributed by atoms with E-state index in [1.807, 2.05) is 0 Å². The Bertz CT molecular complexity index is 610. The zero-order chi connectivity index (χ0) is 14.8. The number of hydrogen-bond acceptors (Lipinski definition) is 5. The molecule has 0 spiro atoms. The molecule has 1 heterocycles. The van der Waals surface area contributed by atoms with Crippen molar-refractivity contribution in [3.05, 3.63) is 28.8 Å². The number of hydrogen-bond donors (Lipinski definition) is 1. The van der Waals surface area contributed by atoms with Gasteiger partial charge in [-0.2, -0.15) is 0 Å². The summed E-state index contributed by atoms with van der Waals surface area (Å²) in [7, 11) is -3.98. The molecular weight excluding hydrogens is 306 g/mol. The Morgan fingerprint density at radius 2 is 2.25 bits per heavy atom. The Labute approximate surface area is 121 Å². The van der Waals surface area contributed by atoms with E-state index in [4.69, 9.17) is 26.2 Å². The van der Waals surface area contributed by atoms with Crippen LogP contribution in [0.2, 0.25) is 5.02 Å².